The summed E-state index contributed by atoms with van der Waals surface area (Å²) in [7, 11) is 1.98. The van der Waals surface area contributed by atoms with Crippen LogP contribution in [0.25, 0.3) is 10.9 Å². The number of aryl methyl sites for hydroxylation is 3. The molecule has 2 nitrogen and oxygen atoms in total. The molecule has 0 radical (unpaired) electrons. The van der Waals surface area contributed by atoms with Crippen LogP contribution in [0.15, 0.2) is 48.7 Å². The highest BCUT2D eigenvalue weighted by molar-refractivity contribution is 6.17. The van der Waals surface area contributed by atoms with Crippen molar-refractivity contribution in [1.29, 1.82) is 0 Å². The second kappa shape index (κ2) is 4.64. The minimum Gasteiger partial charge on any atom is -0.350 e. The van der Waals surface area contributed by atoms with Gasteiger partial charge in [0, 0.05) is 35.3 Å². The van der Waals surface area contributed by atoms with E-state index in [1.807, 2.05) is 55.1 Å². The summed E-state index contributed by atoms with van der Waals surface area (Å²) in [5, 5.41) is 1.02. The normalized spacial score (nSPS) is 10.9. The molecule has 1 aromatic heterocycles. The number of nitrogens with zero attached hydrogens (tertiary/aromatic N) is 1. The average molecular weight is 263 g/mol. The fourth-order valence-electron chi connectivity index (χ4n) is 2.65. The Balaban J connectivity index is 2.21. The summed E-state index contributed by atoms with van der Waals surface area (Å²) in [6.45, 7) is 4.04. The maximum Gasteiger partial charge on any atom is 0.195 e. The number of ketones is 1. The van der Waals surface area contributed by atoms with Gasteiger partial charge in [-0.05, 0) is 31.0 Å². The van der Waals surface area contributed by atoms with Crippen molar-refractivity contribution in [2.45, 2.75) is 13.8 Å². The molecule has 0 bridgehead atoms. The first-order valence-corrected chi connectivity index (χ1v) is 6.74. The monoisotopic (exact) mass is 263 g/mol. The van der Waals surface area contributed by atoms with Crippen molar-refractivity contribution in [3.05, 3.63) is 70.9 Å². The Bertz CT molecular complexity index is 811. The van der Waals surface area contributed by atoms with Gasteiger partial charge in [0.1, 0.15) is 0 Å². The van der Waals surface area contributed by atoms with Crippen LogP contribution in [0.2, 0.25) is 0 Å². The number of hydrogen-bond acceptors (Lipinski definition) is 1. The van der Waals surface area contributed by atoms with Crippen LogP contribution in [0.1, 0.15) is 27.0 Å². The minimum absolute atomic E-state index is 0.0950. The zero-order valence-corrected chi connectivity index (χ0v) is 12.0. The van der Waals surface area contributed by atoms with Gasteiger partial charge in [0.15, 0.2) is 5.78 Å². The molecule has 0 unspecified atom stereocenters. The maximum atomic E-state index is 12.8. The van der Waals surface area contributed by atoms with Crippen molar-refractivity contribution < 1.29 is 4.79 Å². The Morgan fingerprint density at radius 3 is 2.50 bits per heavy atom. The number of hydrogen-bond donors (Lipinski definition) is 0. The Kier molecular flexibility index (Phi) is 2.94. The van der Waals surface area contributed by atoms with Crippen LogP contribution in [0.4, 0.5) is 0 Å². The Morgan fingerprint density at radius 2 is 1.75 bits per heavy atom. The molecule has 3 aromatic rings. The van der Waals surface area contributed by atoms with Gasteiger partial charge in [0.2, 0.25) is 0 Å². The molecule has 0 saturated carbocycles. The Labute approximate surface area is 118 Å². The van der Waals surface area contributed by atoms with Crippen LogP contribution in [0.5, 0.6) is 0 Å². The fraction of sp³-hybridized carbons (Fsp3) is 0.167. The summed E-state index contributed by atoms with van der Waals surface area (Å²) in [6, 6.07) is 13.9. The Morgan fingerprint density at radius 1 is 1.00 bits per heavy atom. The lowest BCUT2D eigenvalue weighted by molar-refractivity contribution is 0.103. The summed E-state index contributed by atoms with van der Waals surface area (Å²) < 4.78 is 2.02. The predicted octanol–water partition coefficient (Wildman–Crippen LogP) is 4.03. The number of carbonyl (C=O) groups is 1. The van der Waals surface area contributed by atoms with Crippen LogP contribution >= 0.6 is 0 Å². The molecule has 0 aliphatic heterocycles. The van der Waals surface area contributed by atoms with E-state index in [1.54, 1.807) is 0 Å². The van der Waals surface area contributed by atoms with Gasteiger partial charge in [-0.2, -0.15) is 0 Å². The molecule has 0 atom stereocenters. The van der Waals surface area contributed by atoms with E-state index in [2.05, 4.69) is 19.1 Å². The van der Waals surface area contributed by atoms with Gasteiger partial charge in [-0.3, -0.25) is 4.79 Å². The van der Waals surface area contributed by atoms with Gasteiger partial charge < -0.3 is 4.57 Å². The van der Waals surface area contributed by atoms with Crippen molar-refractivity contribution in [2.24, 2.45) is 7.05 Å². The largest absolute Gasteiger partial charge is 0.350 e. The first-order chi connectivity index (χ1) is 9.58. The van der Waals surface area contributed by atoms with E-state index >= 15 is 0 Å². The zero-order chi connectivity index (χ0) is 14.3. The first kappa shape index (κ1) is 12.7. The van der Waals surface area contributed by atoms with Crippen molar-refractivity contribution in [1.82, 2.24) is 4.57 Å². The molecule has 0 aliphatic rings. The smallest absolute Gasteiger partial charge is 0.195 e. The van der Waals surface area contributed by atoms with E-state index in [0.29, 0.717) is 0 Å². The number of aromatic nitrogens is 1. The summed E-state index contributed by atoms with van der Waals surface area (Å²) >= 11 is 0. The van der Waals surface area contributed by atoms with Gasteiger partial charge in [-0.15, -0.1) is 0 Å². The molecule has 0 fully saturated rings. The van der Waals surface area contributed by atoms with E-state index < -0.39 is 0 Å². The molecular formula is C18H17NO. The van der Waals surface area contributed by atoms with Crippen LogP contribution in [-0.4, -0.2) is 10.4 Å². The lowest BCUT2D eigenvalue weighted by Crippen LogP contribution is -2.02. The molecule has 0 amide bonds. The third-order valence-corrected chi connectivity index (χ3v) is 3.78. The molecule has 100 valence electrons. The van der Waals surface area contributed by atoms with Gasteiger partial charge in [0.05, 0.1) is 0 Å². The van der Waals surface area contributed by atoms with Crippen molar-refractivity contribution in [2.75, 3.05) is 0 Å². The SMILES string of the molecule is Cc1ccc2c(C(=O)c3ccccc3C)cn(C)c2c1. The van der Waals surface area contributed by atoms with Crippen molar-refractivity contribution in [3.63, 3.8) is 0 Å². The standard InChI is InChI=1S/C18H17NO/c1-12-8-9-15-16(11-19(3)17(15)10-12)18(20)14-7-5-4-6-13(14)2/h4-11H,1-3H3. The van der Waals surface area contributed by atoms with E-state index in [0.717, 1.165) is 27.6 Å². The molecule has 3 rings (SSSR count). The van der Waals surface area contributed by atoms with Crippen LogP contribution < -0.4 is 0 Å². The quantitative estimate of drug-likeness (QED) is 0.640. The number of fused-ring (bicyclic) bond motifs is 1. The fourth-order valence-corrected chi connectivity index (χ4v) is 2.65. The zero-order valence-electron chi connectivity index (χ0n) is 12.0. The lowest BCUT2D eigenvalue weighted by Gasteiger charge is -2.03. The Hall–Kier alpha value is -2.35. The van der Waals surface area contributed by atoms with Crippen molar-refractivity contribution in [3.8, 4) is 0 Å². The molecule has 0 aliphatic carbocycles. The van der Waals surface area contributed by atoms with E-state index in [4.69, 9.17) is 0 Å². The second-order valence-electron chi connectivity index (χ2n) is 5.32. The second-order valence-corrected chi connectivity index (χ2v) is 5.32. The maximum absolute atomic E-state index is 12.8. The molecule has 2 aromatic carbocycles. The molecule has 1 heterocycles. The van der Waals surface area contributed by atoms with Gasteiger partial charge >= 0.3 is 0 Å². The third-order valence-electron chi connectivity index (χ3n) is 3.78. The summed E-state index contributed by atoms with van der Waals surface area (Å²) in [4.78, 5) is 12.8. The van der Waals surface area contributed by atoms with E-state index in [-0.39, 0.29) is 5.78 Å². The first-order valence-electron chi connectivity index (χ1n) is 6.74. The third kappa shape index (κ3) is 1.94. The van der Waals surface area contributed by atoms with Crippen molar-refractivity contribution >= 4 is 16.7 Å². The summed E-state index contributed by atoms with van der Waals surface area (Å²) in [5.41, 5.74) is 4.87. The summed E-state index contributed by atoms with van der Waals surface area (Å²) in [6.07, 6.45) is 1.93. The van der Waals surface area contributed by atoms with Gasteiger partial charge in [-0.25, -0.2) is 0 Å². The molecule has 0 spiro atoms. The van der Waals surface area contributed by atoms with E-state index in [9.17, 15) is 4.79 Å². The number of carbonyl (C=O) groups excluding carboxylic acids is 1. The highest BCUT2D eigenvalue weighted by atomic mass is 16.1. The minimum atomic E-state index is 0.0950. The molecule has 0 saturated heterocycles. The highest BCUT2D eigenvalue weighted by Gasteiger charge is 2.16. The lowest BCUT2D eigenvalue weighted by atomic mass is 9.98. The van der Waals surface area contributed by atoms with Crippen LogP contribution in [0, 0.1) is 13.8 Å². The number of rotatable bonds is 2. The average Bonchev–Trinajstić information content (AvgIpc) is 2.76. The van der Waals surface area contributed by atoms with Gasteiger partial charge in [-0.1, -0.05) is 36.4 Å². The molecule has 20 heavy (non-hydrogen) atoms. The van der Waals surface area contributed by atoms with Crippen LogP contribution in [0.3, 0.4) is 0 Å². The molecule has 0 N–H and O–H groups in total. The van der Waals surface area contributed by atoms with Crippen LogP contribution in [-0.2, 0) is 7.05 Å². The predicted molar refractivity (Wildman–Crippen MR) is 82.3 cm³/mol. The summed E-state index contributed by atoms with van der Waals surface area (Å²) in [5.74, 6) is 0.0950. The molecular weight excluding hydrogens is 246 g/mol. The topological polar surface area (TPSA) is 22.0 Å². The highest BCUT2D eigenvalue weighted by Crippen LogP contribution is 2.25. The molecule has 2 heteroatoms. The van der Waals surface area contributed by atoms with E-state index in [1.165, 1.54) is 5.56 Å². The van der Waals surface area contributed by atoms with Gasteiger partial charge in [0.25, 0.3) is 0 Å². The number of benzene rings is 2.